The molecule has 1 aliphatic heterocycles. The molecule has 1 N–H and O–H groups in total. The SMILES string of the molecule is COCCCNC(=O)c1cc(N2CCN(c3ccccc3OC)CC2)ncn1. The first-order chi connectivity index (χ1) is 13.7. The van der Waals surface area contributed by atoms with Crippen LogP contribution in [0.25, 0.3) is 0 Å². The number of hydrogen-bond donors (Lipinski definition) is 1. The van der Waals surface area contributed by atoms with Crippen molar-refractivity contribution < 1.29 is 14.3 Å². The Bertz CT molecular complexity index is 778. The minimum absolute atomic E-state index is 0.188. The molecule has 2 heterocycles. The van der Waals surface area contributed by atoms with Crippen LogP contribution in [0.4, 0.5) is 11.5 Å². The summed E-state index contributed by atoms with van der Waals surface area (Å²) in [6.45, 7) is 4.50. The predicted octanol–water partition coefficient (Wildman–Crippen LogP) is 1.58. The Morgan fingerprint density at radius 1 is 1.11 bits per heavy atom. The van der Waals surface area contributed by atoms with Gasteiger partial charge in [0, 0.05) is 52.5 Å². The molecule has 8 heteroatoms. The molecule has 0 bridgehead atoms. The molecule has 1 aliphatic rings. The van der Waals surface area contributed by atoms with E-state index in [9.17, 15) is 4.79 Å². The van der Waals surface area contributed by atoms with Crippen molar-refractivity contribution in [2.75, 3.05) is 63.4 Å². The van der Waals surface area contributed by atoms with Gasteiger partial charge in [0.2, 0.25) is 0 Å². The standard InChI is InChI=1S/C20H27N5O3/c1-27-13-5-8-21-20(26)16-14-19(23-15-22-16)25-11-9-24(10-12-25)17-6-3-4-7-18(17)28-2/h3-4,6-7,14-15H,5,8-13H2,1-2H3,(H,21,26). The first-order valence-electron chi connectivity index (χ1n) is 9.45. The molecule has 0 spiro atoms. The maximum atomic E-state index is 12.3. The molecule has 0 unspecified atom stereocenters. The van der Waals surface area contributed by atoms with Crippen molar-refractivity contribution in [3.05, 3.63) is 42.4 Å². The van der Waals surface area contributed by atoms with Gasteiger partial charge in [-0.3, -0.25) is 4.79 Å². The number of amides is 1. The van der Waals surface area contributed by atoms with Crippen LogP contribution >= 0.6 is 0 Å². The molecule has 8 nitrogen and oxygen atoms in total. The van der Waals surface area contributed by atoms with Crippen LogP contribution in [-0.4, -0.2) is 69.4 Å². The third-order valence-electron chi connectivity index (χ3n) is 4.73. The molecule has 1 aromatic heterocycles. The number of hydrogen-bond acceptors (Lipinski definition) is 7. The zero-order chi connectivity index (χ0) is 19.8. The van der Waals surface area contributed by atoms with Crippen LogP contribution in [0.1, 0.15) is 16.9 Å². The van der Waals surface area contributed by atoms with Gasteiger partial charge in [0.25, 0.3) is 5.91 Å². The maximum absolute atomic E-state index is 12.3. The summed E-state index contributed by atoms with van der Waals surface area (Å²) in [7, 11) is 3.34. The third kappa shape index (κ3) is 4.89. The van der Waals surface area contributed by atoms with Crippen molar-refractivity contribution in [3.8, 4) is 5.75 Å². The summed E-state index contributed by atoms with van der Waals surface area (Å²) in [4.78, 5) is 25.2. The number of para-hydroxylation sites is 2. The van der Waals surface area contributed by atoms with E-state index in [1.165, 1.54) is 6.33 Å². The zero-order valence-corrected chi connectivity index (χ0v) is 16.4. The van der Waals surface area contributed by atoms with Gasteiger partial charge in [0.05, 0.1) is 12.8 Å². The minimum Gasteiger partial charge on any atom is -0.495 e. The number of ether oxygens (including phenoxy) is 2. The van der Waals surface area contributed by atoms with E-state index >= 15 is 0 Å². The number of rotatable bonds is 8. The summed E-state index contributed by atoms with van der Waals surface area (Å²) < 4.78 is 10.5. The predicted molar refractivity (Wildman–Crippen MR) is 108 cm³/mol. The van der Waals surface area contributed by atoms with Crippen LogP contribution < -0.4 is 19.9 Å². The van der Waals surface area contributed by atoms with E-state index in [2.05, 4.69) is 31.2 Å². The first kappa shape index (κ1) is 19.9. The van der Waals surface area contributed by atoms with Crippen molar-refractivity contribution in [1.29, 1.82) is 0 Å². The van der Waals surface area contributed by atoms with Crippen LogP contribution in [0.2, 0.25) is 0 Å². The Morgan fingerprint density at radius 2 is 1.86 bits per heavy atom. The maximum Gasteiger partial charge on any atom is 0.270 e. The van der Waals surface area contributed by atoms with Gasteiger partial charge in [0.15, 0.2) is 0 Å². The molecule has 28 heavy (non-hydrogen) atoms. The number of nitrogens with zero attached hydrogens (tertiary/aromatic N) is 4. The third-order valence-corrected chi connectivity index (χ3v) is 4.73. The molecule has 3 rings (SSSR count). The summed E-state index contributed by atoms with van der Waals surface area (Å²) in [5, 5.41) is 2.86. The van der Waals surface area contributed by atoms with E-state index in [-0.39, 0.29) is 5.91 Å². The van der Waals surface area contributed by atoms with Crippen molar-refractivity contribution in [2.24, 2.45) is 0 Å². The largest absolute Gasteiger partial charge is 0.495 e. The second kappa shape index (κ2) is 9.89. The molecule has 0 aliphatic carbocycles. The molecule has 0 radical (unpaired) electrons. The molecule has 1 saturated heterocycles. The topological polar surface area (TPSA) is 79.8 Å². The number of piperazine rings is 1. The van der Waals surface area contributed by atoms with Crippen molar-refractivity contribution >= 4 is 17.4 Å². The lowest BCUT2D eigenvalue weighted by Gasteiger charge is -2.37. The fraction of sp³-hybridized carbons (Fsp3) is 0.450. The second-order valence-corrected chi connectivity index (χ2v) is 6.51. The summed E-state index contributed by atoms with van der Waals surface area (Å²) in [5.74, 6) is 1.47. The average Bonchev–Trinajstić information content (AvgIpc) is 2.77. The van der Waals surface area contributed by atoms with Gasteiger partial charge in [-0.25, -0.2) is 9.97 Å². The van der Waals surface area contributed by atoms with Gasteiger partial charge in [-0.15, -0.1) is 0 Å². The Hall–Kier alpha value is -2.87. The van der Waals surface area contributed by atoms with Crippen LogP contribution in [0, 0.1) is 0 Å². The van der Waals surface area contributed by atoms with Crippen molar-refractivity contribution in [1.82, 2.24) is 15.3 Å². The Morgan fingerprint density at radius 3 is 2.61 bits per heavy atom. The Balaban J connectivity index is 1.59. The highest BCUT2D eigenvalue weighted by Gasteiger charge is 2.21. The van der Waals surface area contributed by atoms with Crippen LogP contribution in [0.5, 0.6) is 5.75 Å². The monoisotopic (exact) mass is 385 g/mol. The summed E-state index contributed by atoms with van der Waals surface area (Å²) in [5.41, 5.74) is 1.48. The highest BCUT2D eigenvalue weighted by molar-refractivity contribution is 5.92. The lowest BCUT2D eigenvalue weighted by molar-refractivity contribution is 0.0943. The molecule has 0 atom stereocenters. The van der Waals surface area contributed by atoms with Crippen molar-refractivity contribution in [2.45, 2.75) is 6.42 Å². The normalized spacial score (nSPS) is 14.1. The number of carbonyl (C=O) groups is 1. The minimum atomic E-state index is -0.188. The van der Waals surface area contributed by atoms with Gasteiger partial charge in [-0.2, -0.15) is 0 Å². The van der Waals surface area contributed by atoms with E-state index in [4.69, 9.17) is 9.47 Å². The van der Waals surface area contributed by atoms with Crippen LogP contribution in [0.15, 0.2) is 36.7 Å². The van der Waals surface area contributed by atoms with E-state index < -0.39 is 0 Å². The number of benzene rings is 1. The number of aromatic nitrogens is 2. The lowest BCUT2D eigenvalue weighted by atomic mass is 10.2. The fourth-order valence-electron chi connectivity index (χ4n) is 3.22. The van der Waals surface area contributed by atoms with Gasteiger partial charge < -0.3 is 24.6 Å². The second-order valence-electron chi connectivity index (χ2n) is 6.51. The molecule has 1 fully saturated rings. The fourth-order valence-corrected chi connectivity index (χ4v) is 3.22. The van der Waals surface area contributed by atoms with Gasteiger partial charge in [0.1, 0.15) is 23.6 Å². The van der Waals surface area contributed by atoms with E-state index in [1.807, 2.05) is 18.2 Å². The van der Waals surface area contributed by atoms with Gasteiger partial charge in [-0.05, 0) is 18.6 Å². The van der Waals surface area contributed by atoms with E-state index in [1.54, 1.807) is 20.3 Å². The number of methoxy groups -OCH3 is 2. The molecule has 150 valence electrons. The van der Waals surface area contributed by atoms with Crippen molar-refractivity contribution in [3.63, 3.8) is 0 Å². The molecular weight excluding hydrogens is 358 g/mol. The quantitative estimate of drug-likeness (QED) is 0.691. The zero-order valence-electron chi connectivity index (χ0n) is 16.4. The molecule has 2 aromatic rings. The summed E-state index contributed by atoms with van der Waals surface area (Å²) in [6.07, 6.45) is 2.22. The number of anilines is 2. The Kier molecular flexibility index (Phi) is 7.02. The summed E-state index contributed by atoms with van der Waals surface area (Å²) >= 11 is 0. The number of nitrogens with one attached hydrogen (secondary N) is 1. The highest BCUT2D eigenvalue weighted by Crippen LogP contribution is 2.28. The first-order valence-corrected chi connectivity index (χ1v) is 9.45. The Labute approximate surface area is 165 Å². The van der Waals surface area contributed by atoms with Gasteiger partial charge >= 0.3 is 0 Å². The molecular formula is C20H27N5O3. The molecule has 1 aromatic carbocycles. The average molecular weight is 385 g/mol. The van der Waals surface area contributed by atoms with Gasteiger partial charge in [-0.1, -0.05) is 12.1 Å². The van der Waals surface area contributed by atoms with E-state index in [0.717, 1.165) is 49.9 Å². The van der Waals surface area contributed by atoms with Crippen LogP contribution in [-0.2, 0) is 4.74 Å². The van der Waals surface area contributed by atoms with Crippen LogP contribution in [0.3, 0.4) is 0 Å². The molecule has 1 amide bonds. The van der Waals surface area contributed by atoms with E-state index in [0.29, 0.717) is 18.8 Å². The molecule has 0 saturated carbocycles. The highest BCUT2D eigenvalue weighted by atomic mass is 16.5. The lowest BCUT2D eigenvalue weighted by Crippen LogP contribution is -2.47. The smallest absolute Gasteiger partial charge is 0.270 e. The number of carbonyl (C=O) groups excluding carboxylic acids is 1. The summed E-state index contributed by atoms with van der Waals surface area (Å²) in [6, 6.07) is 9.80.